The fraction of sp³-hybridized carbons (Fsp3) is 0.462. The molecule has 0 aliphatic rings. The molecular formula is C13H19ClN2. The van der Waals surface area contributed by atoms with Gasteiger partial charge in [-0.1, -0.05) is 23.7 Å². The lowest BCUT2D eigenvalue weighted by molar-refractivity contribution is 0.500. The van der Waals surface area contributed by atoms with Crippen molar-refractivity contribution in [1.29, 1.82) is 0 Å². The molecule has 88 valence electrons. The van der Waals surface area contributed by atoms with Gasteiger partial charge in [0.25, 0.3) is 0 Å². The van der Waals surface area contributed by atoms with E-state index < -0.39 is 0 Å². The largest absolute Gasteiger partial charge is 0.310 e. The molecule has 1 atom stereocenters. The SMILES string of the molecule is C=CCCCC(C)NCc1cccnc1Cl. The van der Waals surface area contributed by atoms with Crippen molar-refractivity contribution in [2.24, 2.45) is 0 Å². The first-order valence-corrected chi connectivity index (χ1v) is 6.05. The van der Waals surface area contributed by atoms with E-state index in [2.05, 4.69) is 23.8 Å². The highest BCUT2D eigenvalue weighted by atomic mass is 35.5. The Morgan fingerprint density at radius 2 is 2.44 bits per heavy atom. The number of nitrogens with zero attached hydrogens (tertiary/aromatic N) is 1. The number of aromatic nitrogens is 1. The molecule has 0 radical (unpaired) electrons. The topological polar surface area (TPSA) is 24.9 Å². The van der Waals surface area contributed by atoms with Crippen molar-refractivity contribution in [2.45, 2.75) is 38.8 Å². The number of unbranched alkanes of at least 4 members (excludes halogenated alkanes) is 1. The molecule has 0 aliphatic heterocycles. The summed E-state index contributed by atoms with van der Waals surface area (Å²) in [4.78, 5) is 4.04. The highest BCUT2D eigenvalue weighted by Gasteiger charge is 2.03. The van der Waals surface area contributed by atoms with Crippen LogP contribution in [0.15, 0.2) is 31.0 Å². The van der Waals surface area contributed by atoms with Crippen molar-refractivity contribution in [2.75, 3.05) is 0 Å². The van der Waals surface area contributed by atoms with Crippen LogP contribution in [0.1, 0.15) is 31.7 Å². The summed E-state index contributed by atoms with van der Waals surface area (Å²) in [6.45, 7) is 6.68. The molecule has 16 heavy (non-hydrogen) atoms. The molecule has 0 spiro atoms. The molecule has 2 nitrogen and oxygen atoms in total. The number of rotatable bonds is 7. The zero-order valence-corrected chi connectivity index (χ0v) is 10.5. The Labute approximate surface area is 103 Å². The summed E-state index contributed by atoms with van der Waals surface area (Å²) in [5, 5.41) is 4.03. The monoisotopic (exact) mass is 238 g/mol. The fourth-order valence-corrected chi connectivity index (χ4v) is 1.69. The first-order chi connectivity index (χ1) is 7.74. The number of halogens is 1. The van der Waals surface area contributed by atoms with Gasteiger partial charge in [-0.05, 0) is 32.3 Å². The van der Waals surface area contributed by atoms with Crippen LogP contribution in [0.3, 0.4) is 0 Å². The van der Waals surface area contributed by atoms with Crippen molar-refractivity contribution in [1.82, 2.24) is 10.3 Å². The second kappa shape index (κ2) is 7.42. The molecule has 3 heteroatoms. The standard InChI is InChI=1S/C13H19ClN2/c1-3-4-5-7-11(2)16-10-12-8-6-9-15-13(12)14/h3,6,8-9,11,16H,1,4-5,7,10H2,2H3. The number of hydrogen-bond donors (Lipinski definition) is 1. The van der Waals surface area contributed by atoms with Gasteiger partial charge in [0.15, 0.2) is 0 Å². The molecule has 1 N–H and O–H groups in total. The average Bonchev–Trinajstić information content (AvgIpc) is 2.28. The molecular weight excluding hydrogens is 220 g/mol. The fourth-order valence-electron chi connectivity index (χ4n) is 1.51. The first-order valence-electron chi connectivity index (χ1n) is 5.67. The third-order valence-electron chi connectivity index (χ3n) is 2.52. The molecule has 1 aromatic heterocycles. The molecule has 0 aromatic carbocycles. The van der Waals surface area contributed by atoms with Gasteiger partial charge in [0.2, 0.25) is 0 Å². The van der Waals surface area contributed by atoms with Crippen molar-refractivity contribution in [3.63, 3.8) is 0 Å². The smallest absolute Gasteiger partial charge is 0.133 e. The predicted molar refractivity (Wildman–Crippen MR) is 69.6 cm³/mol. The summed E-state index contributed by atoms with van der Waals surface area (Å²) in [5.41, 5.74) is 1.06. The van der Waals surface area contributed by atoms with Crippen molar-refractivity contribution in [3.05, 3.63) is 41.7 Å². The minimum Gasteiger partial charge on any atom is -0.310 e. The summed E-state index contributed by atoms with van der Waals surface area (Å²) in [7, 11) is 0. The van der Waals surface area contributed by atoms with Crippen LogP contribution in [-0.4, -0.2) is 11.0 Å². The van der Waals surface area contributed by atoms with Crippen LogP contribution in [0.4, 0.5) is 0 Å². The normalized spacial score (nSPS) is 12.4. The van der Waals surface area contributed by atoms with Crippen LogP contribution in [0.25, 0.3) is 0 Å². The van der Waals surface area contributed by atoms with E-state index in [0.29, 0.717) is 11.2 Å². The molecule has 0 saturated heterocycles. The predicted octanol–water partition coefficient (Wildman–Crippen LogP) is 3.57. The second-order valence-corrected chi connectivity index (χ2v) is 4.31. The molecule has 0 aliphatic carbocycles. The molecule has 1 aromatic rings. The molecule has 0 fully saturated rings. The summed E-state index contributed by atoms with van der Waals surface area (Å²) in [6, 6.07) is 4.40. The van der Waals surface area contributed by atoms with Crippen LogP contribution in [-0.2, 0) is 6.54 Å². The summed E-state index contributed by atoms with van der Waals surface area (Å²) < 4.78 is 0. The zero-order chi connectivity index (χ0) is 11.8. The zero-order valence-electron chi connectivity index (χ0n) is 9.75. The van der Waals surface area contributed by atoms with Crippen LogP contribution in [0, 0.1) is 0 Å². The van der Waals surface area contributed by atoms with Gasteiger partial charge in [0.1, 0.15) is 5.15 Å². The Balaban J connectivity index is 2.28. The van der Waals surface area contributed by atoms with Gasteiger partial charge < -0.3 is 5.32 Å². The average molecular weight is 239 g/mol. The Morgan fingerprint density at radius 1 is 1.62 bits per heavy atom. The van der Waals surface area contributed by atoms with E-state index in [1.54, 1.807) is 6.20 Å². The Hall–Kier alpha value is -0.860. The molecule has 0 bridgehead atoms. The van der Waals surface area contributed by atoms with Gasteiger partial charge in [-0.15, -0.1) is 6.58 Å². The van der Waals surface area contributed by atoms with E-state index in [-0.39, 0.29) is 0 Å². The number of hydrogen-bond acceptors (Lipinski definition) is 2. The van der Waals surface area contributed by atoms with Gasteiger partial charge in [0.05, 0.1) is 0 Å². The lowest BCUT2D eigenvalue weighted by Crippen LogP contribution is -2.25. The molecule has 0 amide bonds. The number of pyridine rings is 1. The van der Waals surface area contributed by atoms with Gasteiger partial charge in [-0.25, -0.2) is 4.98 Å². The van der Waals surface area contributed by atoms with Crippen LogP contribution in [0.5, 0.6) is 0 Å². The lowest BCUT2D eigenvalue weighted by Gasteiger charge is -2.13. The minimum atomic E-state index is 0.497. The highest BCUT2D eigenvalue weighted by molar-refractivity contribution is 6.30. The van der Waals surface area contributed by atoms with E-state index in [1.807, 2.05) is 18.2 Å². The maximum atomic E-state index is 5.97. The third-order valence-corrected chi connectivity index (χ3v) is 2.86. The maximum Gasteiger partial charge on any atom is 0.133 e. The second-order valence-electron chi connectivity index (χ2n) is 3.95. The molecule has 1 rings (SSSR count). The highest BCUT2D eigenvalue weighted by Crippen LogP contribution is 2.11. The Bertz CT molecular complexity index is 325. The first kappa shape index (κ1) is 13.2. The van der Waals surface area contributed by atoms with E-state index in [0.717, 1.165) is 24.9 Å². The summed E-state index contributed by atoms with van der Waals surface area (Å²) in [6.07, 6.45) is 7.09. The van der Waals surface area contributed by atoms with Gasteiger partial charge in [-0.2, -0.15) is 0 Å². The third kappa shape index (κ3) is 4.77. The number of nitrogens with one attached hydrogen (secondary N) is 1. The minimum absolute atomic E-state index is 0.497. The van der Waals surface area contributed by atoms with Crippen LogP contribution < -0.4 is 5.32 Å². The van der Waals surface area contributed by atoms with E-state index in [4.69, 9.17) is 11.6 Å². The quantitative estimate of drug-likeness (QED) is 0.446. The Morgan fingerprint density at radius 3 is 3.12 bits per heavy atom. The van der Waals surface area contributed by atoms with E-state index in [1.165, 1.54) is 6.42 Å². The van der Waals surface area contributed by atoms with E-state index >= 15 is 0 Å². The number of allylic oxidation sites excluding steroid dienone is 1. The summed E-state index contributed by atoms with van der Waals surface area (Å²) in [5.74, 6) is 0. The van der Waals surface area contributed by atoms with E-state index in [9.17, 15) is 0 Å². The molecule has 1 heterocycles. The maximum absolute atomic E-state index is 5.97. The molecule has 1 unspecified atom stereocenters. The van der Waals surface area contributed by atoms with Gasteiger partial charge in [-0.3, -0.25) is 0 Å². The van der Waals surface area contributed by atoms with Crippen LogP contribution in [0.2, 0.25) is 5.15 Å². The lowest BCUT2D eigenvalue weighted by atomic mass is 10.1. The van der Waals surface area contributed by atoms with Gasteiger partial charge >= 0.3 is 0 Å². The summed E-state index contributed by atoms with van der Waals surface area (Å²) >= 11 is 5.97. The van der Waals surface area contributed by atoms with Crippen molar-refractivity contribution in [3.8, 4) is 0 Å². The molecule has 0 saturated carbocycles. The van der Waals surface area contributed by atoms with Crippen molar-refractivity contribution < 1.29 is 0 Å². The van der Waals surface area contributed by atoms with Gasteiger partial charge in [0, 0.05) is 24.3 Å². The van der Waals surface area contributed by atoms with Crippen molar-refractivity contribution >= 4 is 11.6 Å². The van der Waals surface area contributed by atoms with Crippen LogP contribution >= 0.6 is 11.6 Å². The Kier molecular flexibility index (Phi) is 6.12.